The molecule has 2 N–H and O–H groups in total. The number of sulfone groups is 1. The van der Waals surface area contributed by atoms with E-state index in [1.807, 2.05) is 0 Å². The zero-order chi connectivity index (χ0) is 26.1. The Morgan fingerprint density at radius 3 is 2.25 bits per heavy atom. The summed E-state index contributed by atoms with van der Waals surface area (Å²) < 4.78 is 55.6. The standard InChI is InChI=1S/C24H23N3O7S2/c1-34-19-8-3-16(4-9-19)14-25-23(28)18-7-12-21-22(13-18)36(32,33)27(24(29)26-21)15-17-5-10-20(11-6-17)35(2,30)31/h3-13H,14-15H2,1-2H3,(H,25,28)(H,26,29). The number of fused-ring (bicyclic) bond motifs is 1. The highest BCUT2D eigenvalue weighted by molar-refractivity contribution is 7.90. The number of sulfonamides is 1. The molecule has 0 aliphatic carbocycles. The maximum atomic E-state index is 13.3. The van der Waals surface area contributed by atoms with E-state index in [9.17, 15) is 26.4 Å². The Bertz CT molecular complexity index is 1530. The number of urea groups is 1. The van der Waals surface area contributed by atoms with Crippen LogP contribution in [0.1, 0.15) is 21.5 Å². The SMILES string of the molecule is COc1ccc(CNC(=O)c2ccc3c(c2)S(=O)(=O)N(Cc2ccc(S(C)(=O)=O)cc2)C(=O)N3)cc1. The van der Waals surface area contributed by atoms with Gasteiger partial charge in [0.05, 0.1) is 24.2 Å². The lowest BCUT2D eigenvalue weighted by molar-refractivity contribution is 0.0950. The van der Waals surface area contributed by atoms with Gasteiger partial charge in [-0.2, -0.15) is 0 Å². The Morgan fingerprint density at radius 1 is 1.00 bits per heavy atom. The molecule has 0 aromatic heterocycles. The van der Waals surface area contributed by atoms with Gasteiger partial charge in [0.1, 0.15) is 10.6 Å². The van der Waals surface area contributed by atoms with Crippen LogP contribution < -0.4 is 15.4 Å². The van der Waals surface area contributed by atoms with Crippen LogP contribution in [0.25, 0.3) is 0 Å². The molecule has 12 heteroatoms. The third kappa shape index (κ3) is 5.19. The minimum atomic E-state index is -4.29. The van der Waals surface area contributed by atoms with Crippen LogP contribution in [0.4, 0.5) is 10.5 Å². The van der Waals surface area contributed by atoms with Gasteiger partial charge in [0.15, 0.2) is 9.84 Å². The molecule has 4 rings (SSSR count). The fraction of sp³-hybridized carbons (Fsp3) is 0.167. The maximum absolute atomic E-state index is 13.3. The van der Waals surface area contributed by atoms with Crippen LogP contribution in [0.5, 0.6) is 5.75 Å². The van der Waals surface area contributed by atoms with Crippen molar-refractivity contribution in [3.05, 3.63) is 83.4 Å². The molecular weight excluding hydrogens is 506 g/mol. The van der Waals surface area contributed by atoms with Gasteiger partial charge in [-0.25, -0.2) is 25.9 Å². The minimum absolute atomic E-state index is 0.0652. The molecule has 3 amide bonds. The van der Waals surface area contributed by atoms with Crippen LogP contribution in [0.2, 0.25) is 0 Å². The van der Waals surface area contributed by atoms with E-state index in [2.05, 4.69) is 10.6 Å². The van der Waals surface area contributed by atoms with Crippen molar-refractivity contribution in [3.8, 4) is 5.75 Å². The van der Waals surface area contributed by atoms with Crippen molar-refractivity contribution >= 4 is 37.5 Å². The predicted octanol–water partition coefficient (Wildman–Crippen LogP) is 2.77. The van der Waals surface area contributed by atoms with E-state index in [0.717, 1.165) is 11.8 Å². The Hall–Kier alpha value is -3.90. The summed E-state index contributed by atoms with van der Waals surface area (Å²) >= 11 is 0. The first-order chi connectivity index (χ1) is 17.0. The molecule has 0 bridgehead atoms. The highest BCUT2D eigenvalue weighted by Gasteiger charge is 2.37. The average Bonchev–Trinajstić information content (AvgIpc) is 2.85. The van der Waals surface area contributed by atoms with Gasteiger partial charge in [0, 0.05) is 18.4 Å². The molecule has 0 saturated carbocycles. The van der Waals surface area contributed by atoms with Gasteiger partial charge in [-0.15, -0.1) is 0 Å². The first-order valence-electron chi connectivity index (χ1n) is 10.7. The van der Waals surface area contributed by atoms with Crippen molar-refractivity contribution in [2.45, 2.75) is 22.9 Å². The van der Waals surface area contributed by atoms with Crippen molar-refractivity contribution < 1.29 is 31.2 Å². The number of anilines is 1. The third-order valence-electron chi connectivity index (χ3n) is 5.57. The van der Waals surface area contributed by atoms with Crippen LogP contribution in [-0.4, -0.2) is 46.4 Å². The van der Waals surface area contributed by atoms with Gasteiger partial charge in [0.25, 0.3) is 15.9 Å². The number of nitrogens with zero attached hydrogens (tertiary/aromatic N) is 1. The lowest BCUT2D eigenvalue weighted by Crippen LogP contribution is -2.43. The summed E-state index contributed by atoms with van der Waals surface area (Å²) in [4.78, 5) is 25.1. The smallest absolute Gasteiger partial charge is 0.336 e. The lowest BCUT2D eigenvalue weighted by atomic mass is 10.1. The van der Waals surface area contributed by atoms with Crippen molar-refractivity contribution in [2.24, 2.45) is 0 Å². The normalized spacial score (nSPS) is 14.5. The summed E-state index contributed by atoms with van der Waals surface area (Å²) in [6.07, 6.45) is 1.06. The van der Waals surface area contributed by atoms with Gasteiger partial charge in [-0.05, 0) is 53.6 Å². The van der Waals surface area contributed by atoms with Gasteiger partial charge < -0.3 is 15.4 Å². The molecule has 3 aromatic carbocycles. The van der Waals surface area contributed by atoms with Crippen molar-refractivity contribution in [2.75, 3.05) is 18.7 Å². The third-order valence-corrected chi connectivity index (χ3v) is 8.47. The van der Waals surface area contributed by atoms with E-state index in [0.29, 0.717) is 15.6 Å². The number of carbonyl (C=O) groups is 2. The summed E-state index contributed by atoms with van der Waals surface area (Å²) in [6.45, 7) is -0.0927. The van der Waals surface area contributed by atoms with Crippen LogP contribution in [0.15, 0.2) is 76.5 Å². The first kappa shape index (κ1) is 25.2. The lowest BCUT2D eigenvalue weighted by Gasteiger charge is -2.29. The summed E-state index contributed by atoms with van der Waals surface area (Å²) in [5.74, 6) is 0.201. The molecular formula is C24H23N3O7S2. The topological polar surface area (TPSA) is 139 Å². The van der Waals surface area contributed by atoms with E-state index < -0.39 is 31.8 Å². The zero-order valence-corrected chi connectivity index (χ0v) is 21.0. The molecule has 188 valence electrons. The molecule has 0 spiro atoms. The fourth-order valence-corrected chi connectivity index (χ4v) is 5.70. The van der Waals surface area contributed by atoms with Crippen LogP contribution in [-0.2, 0) is 33.0 Å². The highest BCUT2D eigenvalue weighted by atomic mass is 32.2. The zero-order valence-electron chi connectivity index (χ0n) is 19.4. The van der Waals surface area contributed by atoms with Crippen LogP contribution in [0, 0.1) is 0 Å². The van der Waals surface area contributed by atoms with E-state index in [1.165, 1.54) is 42.5 Å². The van der Waals surface area contributed by atoms with Crippen molar-refractivity contribution in [1.29, 1.82) is 0 Å². The number of hydrogen-bond donors (Lipinski definition) is 2. The van der Waals surface area contributed by atoms with E-state index in [4.69, 9.17) is 4.74 Å². The second-order valence-electron chi connectivity index (χ2n) is 8.10. The molecule has 1 aliphatic rings. The van der Waals surface area contributed by atoms with E-state index in [1.54, 1.807) is 31.4 Å². The molecule has 0 unspecified atom stereocenters. The predicted molar refractivity (Wildman–Crippen MR) is 132 cm³/mol. The fourth-order valence-electron chi connectivity index (χ4n) is 3.58. The number of amides is 3. The van der Waals surface area contributed by atoms with Crippen molar-refractivity contribution in [1.82, 2.24) is 9.62 Å². The number of methoxy groups -OCH3 is 1. The summed E-state index contributed by atoms with van der Waals surface area (Å²) in [6, 6.07) is 15.9. The molecule has 3 aromatic rings. The van der Waals surface area contributed by atoms with Crippen molar-refractivity contribution in [3.63, 3.8) is 0 Å². The molecule has 0 fully saturated rings. The van der Waals surface area contributed by atoms with Gasteiger partial charge >= 0.3 is 6.03 Å². The Kier molecular flexibility index (Phi) is 6.74. The second kappa shape index (κ2) is 9.63. The molecule has 1 heterocycles. The number of ether oxygens (including phenoxy) is 1. The molecule has 10 nitrogen and oxygen atoms in total. The van der Waals surface area contributed by atoms with Gasteiger partial charge in [-0.1, -0.05) is 24.3 Å². The van der Waals surface area contributed by atoms with E-state index >= 15 is 0 Å². The molecule has 0 saturated heterocycles. The first-order valence-corrected chi connectivity index (χ1v) is 14.0. The Labute approximate surface area is 208 Å². The minimum Gasteiger partial charge on any atom is -0.497 e. The maximum Gasteiger partial charge on any atom is 0.336 e. The van der Waals surface area contributed by atoms with Gasteiger partial charge in [0.2, 0.25) is 0 Å². The molecule has 0 atom stereocenters. The molecule has 0 radical (unpaired) electrons. The largest absolute Gasteiger partial charge is 0.497 e. The number of nitrogens with one attached hydrogen (secondary N) is 2. The summed E-state index contributed by atoms with van der Waals surface area (Å²) in [5, 5.41) is 5.26. The number of rotatable bonds is 7. The monoisotopic (exact) mass is 529 g/mol. The number of hydrogen-bond acceptors (Lipinski definition) is 7. The van der Waals surface area contributed by atoms with Crippen LogP contribution in [0.3, 0.4) is 0 Å². The Balaban J connectivity index is 1.54. The molecule has 1 aliphatic heterocycles. The quantitative estimate of drug-likeness (QED) is 0.480. The van der Waals surface area contributed by atoms with Crippen LogP contribution >= 0.6 is 0 Å². The van der Waals surface area contributed by atoms with E-state index in [-0.39, 0.29) is 34.1 Å². The Morgan fingerprint density at radius 2 is 1.64 bits per heavy atom. The summed E-state index contributed by atoms with van der Waals surface area (Å²) in [5.41, 5.74) is 1.42. The van der Waals surface area contributed by atoms with Gasteiger partial charge in [-0.3, -0.25) is 4.79 Å². The molecule has 36 heavy (non-hydrogen) atoms. The average molecular weight is 530 g/mol. The number of benzene rings is 3. The number of carbonyl (C=O) groups excluding carboxylic acids is 2. The highest BCUT2D eigenvalue weighted by Crippen LogP contribution is 2.32. The second-order valence-corrected chi connectivity index (χ2v) is 11.9. The summed E-state index contributed by atoms with van der Waals surface area (Å²) in [7, 11) is -6.16.